The third kappa shape index (κ3) is 3.32. The molecule has 0 unspecified atom stereocenters. The van der Waals surface area contributed by atoms with Gasteiger partial charge in [0.2, 0.25) is 0 Å². The van der Waals surface area contributed by atoms with Crippen molar-refractivity contribution in [2.45, 2.75) is 6.54 Å². The van der Waals surface area contributed by atoms with E-state index in [9.17, 15) is 14.9 Å². The number of imidazole rings is 1. The van der Waals surface area contributed by atoms with Gasteiger partial charge in [0.1, 0.15) is 11.3 Å². The summed E-state index contributed by atoms with van der Waals surface area (Å²) in [5.74, 6) is 0.330. The largest absolute Gasteiger partial charge is 0.455 e. The lowest BCUT2D eigenvalue weighted by Gasteiger charge is -2.09. The Morgan fingerprint density at radius 3 is 2.63 bits per heavy atom. The molecule has 2 heterocycles. The smallest absolute Gasteiger partial charge is 0.269 e. The summed E-state index contributed by atoms with van der Waals surface area (Å²) >= 11 is 6.17. The molecule has 0 radical (unpaired) electrons. The van der Waals surface area contributed by atoms with E-state index < -0.39 is 4.92 Å². The second-order valence-electron chi connectivity index (χ2n) is 5.96. The average molecular weight is 382 g/mol. The summed E-state index contributed by atoms with van der Waals surface area (Å²) in [5, 5.41) is 11.6. The minimum absolute atomic E-state index is 0.0329. The number of fused-ring (bicyclic) bond motifs is 1. The van der Waals surface area contributed by atoms with E-state index in [2.05, 4.69) is 4.98 Å². The summed E-state index contributed by atoms with van der Waals surface area (Å²) in [6.45, 7) is 0.434. The van der Waals surface area contributed by atoms with Crippen LogP contribution < -0.4 is 5.43 Å². The molecule has 7 nitrogen and oxygen atoms in total. The SMILES string of the molecule is O=c1cc(-c2ccc([N+](=O)[O-])cc2)oc2c(Cn3ccnc3)cc(Cl)cc12. The van der Waals surface area contributed by atoms with Crippen molar-refractivity contribution in [3.8, 4) is 11.3 Å². The molecule has 2 aromatic carbocycles. The van der Waals surface area contributed by atoms with E-state index in [1.54, 1.807) is 43.0 Å². The number of aromatic nitrogens is 2. The van der Waals surface area contributed by atoms with Crippen LogP contribution in [-0.4, -0.2) is 14.5 Å². The maximum atomic E-state index is 12.6. The van der Waals surface area contributed by atoms with Crippen molar-refractivity contribution in [2.75, 3.05) is 0 Å². The van der Waals surface area contributed by atoms with E-state index in [1.807, 2.05) is 4.57 Å². The number of nitro groups is 1. The van der Waals surface area contributed by atoms with Gasteiger partial charge in [-0.3, -0.25) is 14.9 Å². The van der Waals surface area contributed by atoms with Crippen molar-refractivity contribution < 1.29 is 9.34 Å². The fourth-order valence-electron chi connectivity index (χ4n) is 2.87. The van der Waals surface area contributed by atoms with E-state index in [0.717, 1.165) is 5.56 Å². The molecule has 0 amide bonds. The quantitative estimate of drug-likeness (QED) is 0.389. The number of nitrogens with zero attached hydrogens (tertiary/aromatic N) is 3. The van der Waals surface area contributed by atoms with Crippen LogP contribution in [0.3, 0.4) is 0 Å². The van der Waals surface area contributed by atoms with Crippen LogP contribution in [0.25, 0.3) is 22.3 Å². The molecule has 0 aliphatic carbocycles. The monoisotopic (exact) mass is 381 g/mol. The lowest BCUT2D eigenvalue weighted by atomic mass is 10.1. The molecule has 4 rings (SSSR count). The van der Waals surface area contributed by atoms with Gasteiger partial charge in [0, 0.05) is 46.7 Å². The van der Waals surface area contributed by atoms with Gasteiger partial charge in [0.25, 0.3) is 5.69 Å². The van der Waals surface area contributed by atoms with Crippen molar-refractivity contribution in [3.05, 3.63) is 92.1 Å². The number of rotatable bonds is 4. The normalized spacial score (nSPS) is 11.0. The Hall–Kier alpha value is -3.45. The number of hydrogen-bond acceptors (Lipinski definition) is 5. The van der Waals surface area contributed by atoms with Gasteiger partial charge in [-0.2, -0.15) is 0 Å². The molecule has 0 saturated carbocycles. The van der Waals surface area contributed by atoms with Gasteiger partial charge in [-0.1, -0.05) is 11.6 Å². The lowest BCUT2D eigenvalue weighted by Crippen LogP contribution is -2.04. The molecule has 134 valence electrons. The summed E-state index contributed by atoms with van der Waals surface area (Å²) in [5.41, 5.74) is 1.46. The fourth-order valence-corrected chi connectivity index (χ4v) is 3.11. The Morgan fingerprint density at radius 2 is 1.96 bits per heavy atom. The van der Waals surface area contributed by atoms with Crippen molar-refractivity contribution in [1.29, 1.82) is 0 Å². The van der Waals surface area contributed by atoms with Crippen molar-refractivity contribution in [2.24, 2.45) is 0 Å². The second-order valence-corrected chi connectivity index (χ2v) is 6.39. The predicted octanol–water partition coefficient (Wildman–Crippen LogP) is 4.27. The first-order valence-corrected chi connectivity index (χ1v) is 8.36. The highest BCUT2D eigenvalue weighted by Gasteiger charge is 2.14. The van der Waals surface area contributed by atoms with Gasteiger partial charge in [-0.05, 0) is 24.3 Å². The summed E-state index contributed by atoms with van der Waals surface area (Å²) in [6.07, 6.45) is 5.11. The van der Waals surface area contributed by atoms with Gasteiger partial charge in [-0.15, -0.1) is 0 Å². The van der Waals surface area contributed by atoms with Crippen LogP contribution in [0.2, 0.25) is 5.02 Å². The van der Waals surface area contributed by atoms with Gasteiger partial charge < -0.3 is 8.98 Å². The highest BCUT2D eigenvalue weighted by atomic mass is 35.5. The standard InChI is InChI=1S/C19H12ClN3O4/c20-14-7-13(10-22-6-5-21-11-22)19-16(8-14)17(24)9-18(27-19)12-1-3-15(4-2-12)23(25)26/h1-9,11H,10H2. The molecule has 2 aromatic heterocycles. The van der Waals surface area contributed by atoms with Crippen LogP contribution in [0.4, 0.5) is 5.69 Å². The van der Waals surface area contributed by atoms with Crippen LogP contribution in [0.1, 0.15) is 5.56 Å². The predicted molar refractivity (Wildman–Crippen MR) is 101 cm³/mol. The van der Waals surface area contributed by atoms with E-state index in [0.29, 0.717) is 33.9 Å². The summed E-state index contributed by atoms with van der Waals surface area (Å²) in [4.78, 5) is 27.0. The van der Waals surface area contributed by atoms with Gasteiger partial charge in [0.05, 0.1) is 23.2 Å². The minimum atomic E-state index is -0.481. The molecule has 0 saturated heterocycles. The maximum Gasteiger partial charge on any atom is 0.269 e. The van der Waals surface area contributed by atoms with Crippen molar-refractivity contribution in [1.82, 2.24) is 9.55 Å². The molecule has 0 fully saturated rings. The van der Waals surface area contributed by atoms with E-state index in [1.165, 1.54) is 18.2 Å². The Kier molecular flexibility index (Phi) is 4.21. The average Bonchev–Trinajstić information content (AvgIpc) is 3.15. The minimum Gasteiger partial charge on any atom is -0.455 e. The first kappa shape index (κ1) is 17.0. The van der Waals surface area contributed by atoms with Crippen LogP contribution in [0, 0.1) is 10.1 Å². The zero-order valence-electron chi connectivity index (χ0n) is 13.8. The molecule has 0 aliphatic rings. The zero-order chi connectivity index (χ0) is 19.0. The van der Waals surface area contributed by atoms with E-state index in [-0.39, 0.29) is 11.1 Å². The van der Waals surface area contributed by atoms with E-state index in [4.69, 9.17) is 16.0 Å². The van der Waals surface area contributed by atoms with Gasteiger partial charge in [-0.25, -0.2) is 4.98 Å². The van der Waals surface area contributed by atoms with Crippen LogP contribution >= 0.6 is 11.6 Å². The number of non-ortho nitro benzene ring substituents is 1. The zero-order valence-corrected chi connectivity index (χ0v) is 14.6. The summed E-state index contributed by atoms with van der Waals surface area (Å²) < 4.78 is 7.84. The lowest BCUT2D eigenvalue weighted by molar-refractivity contribution is -0.384. The van der Waals surface area contributed by atoms with Crippen LogP contribution in [-0.2, 0) is 6.54 Å². The molecule has 0 atom stereocenters. The Labute approximate surface area is 157 Å². The van der Waals surface area contributed by atoms with Crippen molar-refractivity contribution >= 4 is 28.3 Å². The number of benzene rings is 2. The first-order chi connectivity index (χ1) is 13.0. The third-order valence-electron chi connectivity index (χ3n) is 4.15. The molecule has 0 N–H and O–H groups in total. The maximum absolute atomic E-state index is 12.6. The topological polar surface area (TPSA) is 91.2 Å². The Morgan fingerprint density at radius 1 is 1.19 bits per heavy atom. The highest BCUT2D eigenvalue weighted by molar-refractivity contribution is 6.31. The fraction of sp³-hybridized carbons (Fsp3) is 0.0526. The third-order valence-corrected chi connectivity index (χ3v) is 4.36. The van der Waals surface area contributed by atoms with Gasteiger partial charge in [0.15, 0.2) is 5.43 Å². The molecule has 0 aliphatic heterocycles. The van der Waals surface area contributed by atoms with Crippen molar-refractivity contribution in [3.63, 3.8) is 0 Å². The van der Waals surface area contributed by atoms with Crippen LogP contribution in [0.5, 0.6) is 0 Å². The number of hydrogen-bond donors (Lipinski definition) is 0. The highest BCUT2D eigenvalue weighted by Crippen LogP contribution is 2.28. The van der Waals surface area contributed by atoms with Gasteiger partial charge >= 0.3 is 0 Å². The van der Waals surface area contributed by atoms with E-state index >= 15 is 0 Å². The Balaban J connectivity index is 1.87. The summed E-state index contributed by atoms with van der Waals surface area (Å²) in [7, 11) is 0. The Bertz CT molecular complexity index is 1200. The molecular formula is C19H12ClN3O4. The molecule has 27 heavy (non-hydrogen) atoms. The number of nitro benzene ring substituents is 1. The molecular weight excluding hydrogens is 370 g/mol. The molecule has 8 heteroatoms. The molecule has 0 bridgehead atoms. The molecule has 0 spiro atoms. The summed E-state index contributed by atoms with van der Waals surface area (Å²) in [6, 6.07) is 10.5. The first-order valence-electron chi connectivity index (χ1n) is 7.98. The molecule has 4 aromatic rings. The number of halogens is 1. The van der Waals surface area contributed by atoms with Crippen LogP contribution in [0.15, 0.2) is 70.4 Å². The second kappa shape index (κ2) is 6.69.